The van der Waals surface area contributed by atoms with Crippen molar-refractivity contribution in [3.05, 3.63) is 145 Å². The number of hydrogen-bond donors (Lipinski definition) is 2. The number of fused-ring (bicyclic) bond motifs is 1. The molecule has 10 heteroatoms. The van der Waals surface area contributed by atoms with Gasteiger partial charge in [-0.3, -0.25) is 23.5 Å². The van der Waals surface area contributed by atoms with E-state index in [0.717, 1.165) is 10.1 Å². The van der Waals surface area contributed by atoms with Crippen molar-refractivity contribution in [2.24, 2.45) is 0 Å². The minimum Gasteiger partial charge on any atom is -0.348 e. The molecule has 0 atom stereocenters. The maximum Gasteiger partial charge on any atom is 0.332 e. The molecule has 0 unspecified atom stereocenters. The lowest BCUT2D eigenvalue weighted by Gasteiger charge is -2.14. The summed E-state index contributed by atoms with van der Waals surface area (Å²) in [7, 11) is 0. The van der Waals surface area contributed by atoms with E-state index in [-0.39, 0.29) is 35.6 Å². The molecule has 0 bridgehead atoms. The highest BCUT2D eigenvalue weighted by atomic mass is 35.5. The number of para-hydroxylation sites is 2. The van der Waals surface area contributed by atoms with E-state index in [1.807, 2.05) is 18.2 Å². The van der Waals surface area contributed by atoms with Crippen LogP contribution in [-0.4, -0.2) is 20.9 Å². The van der Waals surface area contributed by atoms with Crippen LogP contribution < -0.4 is 21.9 Å². The van der Waals surface area contributed by atoms with Gasteiger partial charge in [-0.05, 0) is 53.6 Å². The van der Waals surface area contributed by atoms with E-state index in [9.17, 15) is 23.6 Å². The fraction of sp³-hybridized carbons (Fsp3) is 0.0968. The lowest BCUT2D eigenvalue weighted by molar-refractivity contribution is -0.116. The van der Waals surface area contributed by atoms with E-state index in [2.05, 4.69) is 10.6 Å². The molecule has 0 spiro atoms. The predicted octanol–water partition coefficient (Wildman–Crippen LogP) is 4.57. The van der Waals surface area contributed by atoms with Gasteiger partial charge in [0.2, 0.25) is 5.91 Å². The number of aromatic nitrogens is 2. The van der Waals surface area contributed by atoms with E-state index in [4.69, 9.17) is 11.6 Å². The van der Waals surface area contributed by atoms with Crippen molar-refractivity contribution in [2.45, 2.75) is 19.6 Å². The van der Waals surface area contributed by atoms with Crippen molar-refractivity contribution in [1.29, 1.82) is 0 Å². The van der Waals surface area contributed by atoms with Gasteiger partial charge in [-0.25, -0.2) is 9.18 Å². The van der Waals surface area contributed by atoms with Gasteiger partial charge in [0, 0.05) is 17.1 Å². The average Bonchev–Trinajstić information content (AvgIpc) is 2.98. The molecule has 0 radical (unpaired) electrons. The van der Waals surface area contributed by atoms with Gasteiger partial charge in [0.25, 0.3) is 11.5 Å². The highest BCUT2D eigenvalue weighted by molar-refractivity contribution is 6.31. The van der Waals surface area contributed by atoms with Crippen molar-refractivity contribution in [3.8, 4) is 0 Å². The minimum absolute atomic E-state index is 0.0147. The maximum atomic E-state index is 14.0. The van der Waals surface area contributed by atoms with Crippen LogP contribution in [0.2, 0.25) is 5.02 Å². The highest BCUT2D eigenvalue weighted by Gasteiger charge is 2.17. The molecule has 1 heterocycles. The number of rotatable bonds is 8. The van der Waals surface area contributed by atoms with Gasteiger partial charge in [0.05, 0.1) is 23.1 Å². The van der Waals surface area contributed by atoms with Gasteiger partial charge in [-0.2, -0.15) is 0 Å². The number of carbonyl (C=O) groups is 2. The number of nitrogens with one attached hydrogen (secondary N) is 2. The van der Waals surface area contributed by atoms with E-state index in [1.165, 1.54) is 22.8 Å². The third-order valence-electron chi connectivity index (χ3n) is 6.54. The van der Waals surface area contributed by atoms with Crippen molar-refractivity contribution in [1.82, 2.24) is 14.5 Å². The van der Waals surface area contributed by atoms with Gasteiger partial charge >= 0.3 is 5.69 Å². The van der Waals surface area contributed by atoms with Crippen LogP contribution in [0.25, 0.3) is 10.9 Å². The summed E-state index contributed by atoms with van der Waals surface area (Å²) >= 11 is 6.15. The second kappa shape index (κ2) is 12.0. The first kappa shape index (κ1) is 27.5. The number of halogens is 2. The first-order valence-electron chi connectivity index (χ1n) is 12.7. The van der Waals surface area contributed by atoms with Crippen LogP contribution in [0.15, 0.2) is 107 Å². The van der Waals surface area contributed by atoms with Gasteiger partial charge in [0.15, 0.2) is 0 Å². The minimum atomic E-state index is -0.695. The Kier molecular flexibility index (Phi) is 8.07. The van der Waals surface area contributed by atoms with Gasteiger partial charge in [-0.1, -0.05) is 66.2 Å². The molecule has 206 valence electrons. The Bertz CT molecular complexity index is 1880. The van der Waals surface area contributed by atoms with Crippen molar-refractivity contribution in [3.63, 3.8) is 0 Å². The van der Waals surface area contributed by atoms with E-state index >= 15 is 0 Å². The van der Waals surface area contributed by atoms with Gasteiger partial charge in [-0.15, -0.1) is 0 Å². The molecular formula is C31H24ClFN4O4. The Morgan fingerprint density at radius 1 is 0.805 bits per heavy atom. The van der Waals surface area contributed by atoms with E-state index in [0.29, 0.717) is 16.1 Å². The number of hydrogen-bond acceptors (Lipinski definition) is 4. The van der Waals surface area contributed by atoms with Gasteiger partial charge < -0.3 is 10.6 Å². The Morgan fingerprint density at radius 2 is 1.49 bits per heavy atom. The molecule has 0 aliphatic heterocycles. The monoisotopic (exact) mass is 570 g/mol. The van der Waals surface area contributed by atoms with Crippen molar-refractivity contribution >= 4 is 40.0 Å². The summed E-state index contributed by atoms with van der Waals surface area (Å²) in [5.41, 5.74) is 0.844. The molecule has 5 rings (SSSR count). The fourth-order valence-corrected chi connectivity index (χ4v) is 4.63. The Balaban J connectivity index is 1.38. The Morgan fingerprint density at radius 3 is 2.24 bits per heavy atom. The van der Waals surface area contributed by atoms with Crippen LogP contribution in [0.5, 0.6) is 0 Å². The molecular weight excluding hydrogens is 547 g/mol. The molecule has 8 nitrogen and oxygen atoms in total. The quantitative estimate of drug-likeness (QED) is 0.285. The number of anilines is 1. The molecule has 0 saturated heterocycles. The van der Waals surface area contributed by atoms with E-state index in [1.54, 1.807) is 60.7 Å². The lowest BCUT2D eigenvalue weighted by atomic mass is 10.1. The van der Waals surface area contributed by atoms with Crippen molar-refractivity contribution in [2.75, 3.05) is 5.32 Å². The number of amides is 2. The second-order valence-electron chi connectivity index (χ2n) is 9.28. The van der Waals surface area contributed by atoms with Crippen LogP contribution in [-0.2, 0) is 24.4 Å². The van der Waals surface area contributed by atoms with Crippen LogP contribution in [0.4, 0.5) is 10.1 Å². The van der Waals surface area contributed by atoms with Crippen LogP contribution in [0, 0.1) is 5.82 Å². The number of benzene rings is 4. The summed E-state index contributed by atoms with van der Waals surface area (Å²) in [5.74, 6) is -1.54. The van der Waals surface area contributed by atoms with E-state index < -0.39 is 29.5 Å². The summed E-state index contributed by atoms with van der Waals surface area (Å²) in [5, 5.41) is 6.09. The van der Waals surface area contributed by atoms with Gasteiger partial charge in [0.1, 0.15) is 12.4 Å². The Hall–Kier alpha value is -5.02. The molecule has 4 aromatic carbocycles. The highest BCUT2D eigenvalue weighted by Crippen LogP contribution is 2.16. The third kappa shape index (κ3) is 6.10. The second-order valence-corrected chi connectivity index (χ2v) is 9.68. The normalized spacial score (nSPS) is 10.9. The lowest BCUT2D eigenvalue weighted by Crippen LogP contribution is -2.42. The largest absolute Gasteiger partial charge is 0.348 e. The molecule has 2 amide bonds. The zero-order chi connectivity index (χ0) is 28.9. The first-order valence-corrected chi connectivity index (χ1v) is 13.1. The van der Waals surface area contributed by atoms with Crippen LogP contribution in [0.1, 0.15) is 21.5 Å². The summed E-state index contributed by atoms with van der Waals surface area (Å²) in [4.78, 5) is 52.2. The fourth-order valence-electron chi connectivity index (χ4n) is 4.42. The molecule has 2 N–H and O–H groups in total. The third-order valence-corrected chi connectivity index (χ3v) is 6.90. The zero-order valence-electron chi connectivity index (χ0n) is 21.6. The number of carbonyl (C=O) groups excluding carboxylic acids is 2. The molecule has 5 aromatic rings. The van der Waals surface area contributed by atoms with Crippen molar-refractivity contribution < 1.29 is 14.0 Å². The maximum absolute atomic E-state index is 14.0. The smallest absolute Gasteiger partial charge is 0.332 e. The summed E-state index contributed by atoms with van der Waals surface area (Å²) in [6.07, 6.45) is 0. The average molecular weight is 571 g/mol. The molecule has 0 fully saturated rings. The first-order chi connectivity index (χ1) is 19.8. The molecule has 0 aliphatic rings. The van der Waals surface area contributed by atoms with Crippen LogP contribution in [0.3, 0.4) is 0 Å². The summed E-state index contributed by atoms with van der Waals surface area (Å²) in [6, 6.07) is 25.9. The molecule has 0 saturated carbocycles. The molecule has 41 heavy (non-hydrogen) atoms. The SMILES string of the molecule is O=C(Cn1c(=O)n(Cc2ccc(C(=O)NCc3ccccc3Cl)cc2)c(=O)c2ccccc21)Nc1ccccc1F. The topological polar surface area (TPSA) is 102 Å². The van der Waals surface area contributed by atoms with Crippen LogP contribution >= 0.6 is 11.6 Å². The summed E-state index contributed by atoms with van der Waals surface area (Å²) in [6.45, 7) is -0.256. The number of nitrogens with zero attached hydrogens (tertiary/aromatic N) is 2. The summed E-state index contributed by atoms with van der Waals surface area (Å²) < 4.78 is 16.3. The molecule has 1 aromatic heterocycles. The predicted molar refractivity (Wildman–Crippen MR) is 156 cm³/mol. The molecule has 0 aliphatic carbocycles. The standard InChI is InChI=1S/C31H24ClFN4O4/c32-24-9-3-1-7-22(24)17-34-29(39)21-15-13-20(14-16-21)18-37-30(40)23-8-2-6-12-27(23)36(31(37)41)19-28(38)35-26-11-5-4-10-25(26)33/h1-16H,17-19H2,(H,34,39)(H,35,38). The Labute approximate surface area is 238 Å². The zero-order valence-corrected chi connectivity index (χ0v) is 22.4.